The van der Waals surface area contributed by atoms with Crippen LogP contribution in [0.2, 0.25) is 0 Å². The molecule has 146 valence electrons. The van der Waals surface area contributed by atoms with E-state index in [1.807, 2.05) is 50.6 Å². The van der Waals surface area contributed by atoms with Gasteiger partial charge in [-0.15, -0.1) is 22.7 Å². The van der Waals surface area contributed by atoms with Crippen LogP contribution in [0.5, 0.6) is 0 Å². The number of carbonyl (C=O) groups excluding carboxylic acids is 2. The number of amides is 1. The molecule has 6 heteroatoms. The highest BCUT2D eigenvalue weighted by Gasteiger charge is 2.24. The number of hydrogen-bond acceptors (Lipinski definition) is 5. The number of benzene rings is 1. The minimum Gasteiger partial charge on any atom is -0.462 e. The molecule has 0 aliphatic heterocycles. The summed E-state index contributed by atoms with van der Waals surface area (Å²) in [5.41, 5.74) is 6.00. The number of anilines is 1. The zero-order valence-electron chi connectivity index (χ0n) is 16.6. The molecule has 0 atom stereocenters. The molecule has 0 radical (unpaired) electrons. The van der Waals surface area contributed by atoms with Gasteiger partial charge in [0.2, 0.25) is 0 Å². The van der Waals surface area contributed by atoms with Crippen molar-refractivity contribution in [1.82, 2.24) is 0 Å². The summed E-state index contributed by atoms with van der Waals surface area (Å²) in [5.74, 6) is -0.631. The molecule has 0 saturated carbocycles. The minimum absolute atomic E-state index is 0.207. The molecule has 2 aromatic heterocycles. The van der Waals surface area contributed by atoms with Crippen molar-refractivity contribution in [3.05, 3.63) is 61.7 Å². The molecular formula is C22H23NO3S2. The Hall–Kier alpha value is -2.44. The highest BCUT2D eigenvalue weighted by molar-refractivity contribution is 7.15. The monoisotopic (exact) mass is 413 g/mol. The van der Waals surface area contributed by atoms with Crippen molar-refractivity contribution in [3.63, 3.8) is 0 Å². The Bertz CT molecular complexity index is 1050. The Morgan fingerprint density at radius 2 is 1.79 bits per heavy atom. The van der Waals surface area contributed by atoms with Crippen LogP contribution in [0.25, 0.3) is 11.1 Å². The Morgan fingerprint density at radius 1 is 1.04 bits per heavy atom. The van der Waals surface area contributed by atoms with E-state index in [-0.39, 0.29) is 12.5 Å². The summed E-state index contributed by atoms with van der Waals surface area (Å²) >= 11 is 2.89. The van der Waals surface area contributed by atoms with E-state index in [1.165, 1.54) is 11.3 Å². The first kappa shape index (κ1) is 20.3. The van der Waals surface area contributed by atoms with Gasteiger partial charge in [-0.3, -0.25) is 4.79 Å². The van der Waals surface area contributed by atoms with Crippen molar-refractivity contribution in [2.75, 3.05) is 11.9 Å². The predicted molar refractivity (Wildman–Crippen MR) is 117 cm³/mol. The first-order valence-electron chi connectivity index (χ1n) is 9.05. The zero-order chi connectivity index (χ0) is 20.4. The lowest BCUT2D eigenvalue weighted by atomic mass is 9.97. The average molecular weight is 414 g/mol. The van der Waals surface area contributed by atoms with Gasteiger partial charge in [-0.05, 0) is 51.3 Å². The SMILES string of the molecule is CCOC(=O)c1c(-c2ccc(C)cc2C)csc1NC(=O)c1csc(C)c1C. The fourth-order valence-electron chi connectivity index (χ4n) is 3.08. The highest BCUT2D eigenvalue weighted by Crippen LogP contribution is 2.38. The van der Waals surface area contributed by atoms with Crippen molar-refractivity contribution >= 4 is 39.6 Å². The van der Waals surface area contributed by atoms with E-state index in [0.29, 0.717) is 16.1 Å². The third-order valence-electron chi connectivity index (χ3n) is 4.70. The Kier molecular flexibility index (Phi) is 6.01. The second kappa shape index (κ2) is 8.29. The second-order valence-corrected chi connectivity index (χ2v) is 8.64. The highest BCUT2D eigenvalue weighted by atomic mass is 32.1. The number of nitrogens with one attached hydrogen (secondary N) is 1. The van der Waals surface area contributed by atoms with Crippen LogP contribution < -0.4 is 5.32 Å². The van der Waals surface area contributed by atoms with Gasteiger partial charge in [-0.2, -0.15) is 0 Å². The standard InChI is InChI=1S/C22H23NO3S2/c1-6-26-22(25)19-18(16-8-7-12(2)9-13(16)3)11-28-21(19)23-20(24)17-10-27-15(5)14(17)4/h7-11H,6H2,1-5H3,(H,23,24). The third-order valence-corrected chi connectivity index (χ3v) is 6.61. The van der Waals surface area contributed by atoms with Crippen molar-refractivity contribution in [2.45, 2.75) is 34.6 Å². The largest absolute Gasteiger partial charge is 0.462 e. The molecule has 1 aromatic carbocycles. The van der Waals surface area contributed by atoms with Crippen molar-refractivity contribution in [2.24, 2.45) is 0 Å². The van der Waals surface area contributed by atoms with E-state index in [2.05, 4.69) is 11.4 Å². The van der Waals surface area contributed by atoms with Gasteiger partial charge in [0.05, 0.1) is 12.2 Å². The molecule has 0 aliphatic carbocycles. The summed E-state index contributed by atoms with van der Waals surface area (Å²) in [6.07, 6.45) is 0. The van der Waals surface area contributed by atoms with Crippen molar-refractivity contribution in [3.8, 4) is 11.1 Å². The molecule has 0 saturated heterocycles. The second-order valence-electron chi connectivity index (χ2n) is 6.68. The fraction of sp³-hybridized carbons (Fsp3) is 0.273. The van der Waals surface area contributed by atoms with Gasteiger partial charge in [0.25, 0.3) is 5.91 Å². The molecule has 0 unspecified atom stereocenters. The predicted octanol–water partition coefficient (Wildman–Crippen LogP) is 6.14. The molecule has 1 N–H and O–H groups in total. The summed E-state index contributed by atoms with van der Waals surface area (Å²) < 4.78 is 5.29. The number of carbonyl (C=O) groups is 2. The normalized spacial score (nSPS) is 10.8. The number of ether oxygens (including phenoxy) is 1. The summed E-state index contributed by atoms with van der Waals surface area (Å²) in [4.78, 5) is 26.6. The van der Waals surface area contributed by atoms with E-state index in [0.717, 1.165) is 32.7 Å². The van der Waals surface area contributed by atoms with Gasteiger partial charge < -0.3 is 10.1 Å². The molecule has 2 heterocycles. The molecule has 0 bridgehead atoms. The number of rotatable bonds is 5. The van der Waals surface area contributed by atoms with Crippen LogP contribution in [-0.4, -0.2) is 18.5 Å². The van der Waals surface area contributed by atoms with E-state index in [4.69, 9.17) is 4.74 Å². The van der Waals surface area contributed by atoms with Gasteiger partial charge in [0, 0.05) is 21.2 Å². The minimum atomic E-state index is -0.424. The number of esters is 1. The van der Waals surface area contributed by atoms with E-state index >= 15 is 0 Å². The molecule has 3 aromatic rings. The van der Waals surface area contributed by atoms with Gasteiger partial charge in [-0.25, -0.2) is 4.79 Å². The van der Waals surface area contributed by atoms with E-state index in [9.17, 15) is 9.59 Å². The lowest BCUT2D eigenvalue weighted by molar-refractivity contribution is 0.0529. The molecule has 0 spiro atoms. The number of aryl methyl sites for hydroxylation is 3. The Labute approximate surface area is 173 Å². The molecule has 0 aliphatic rings. The van der Waals surface area contributed by atoms with Crippen LogP contribution in [-0.2, 0) is 4.74 Å². The summed E-state index contributed by atoms with van der Waals surface area (Å²) in [7, 11) is 0. The zero-order valence-corrected chi connectivity index (χ0v) is 18.3. The molecule has 3 rings (SSSR count). The fourth-order valence-corrected chi connectivity index (χ4v) is 4.89. The lowest BCUT2D eigenvalue weighted by Crippen LogP contribution is -2.15. The number of hydrogen-bond donors (Lipinski definition) is 1. The maximum atomic E-state index is 12.8. The summed E-state index contributed by atoms with van der Waals surface area (Å²) in [6.45, 7) is 10.0. The number of thiophene rings is 2. The summed E-state index contributed by atoms with van der Waals surface area (Å²) in [6, 6.07) is 6.11. The van der Waals surface area contributed by atoms with Gasteiger partial charge in [-0.1, -0.05) is 23.8 Å². The van der Waals surface area contributed by atoms with Crippen LogP contribution in [0, 0.1) is 27.7 Å². The van der Waals surface area contributed by atoms with Crippen LogP contribution in [0.15, 0.2) is 29.0 Å². The van der Waals surface area contributed by atoms with Gasteiger partial charge in [0.15, 0.2) is 0 Å². The van der Waals surface area contributed by atoms with Crippen LogP contribution in [0.4, 0.5) is 5.00 Å². The maximum absolute atomic E-state index is 12.8. The molecular weight excluding hydrogens is 390 g/mol. The van der Waals surface area contributed by atoms with Crippen molar-refractivity contribution in [1.29, 1.82) is 0 Å². The smallest absolute Gasteiger partial charge is 0.341 e. The average Bonchev–Trinajstić information content (AvgIpc) is 3.19. The molecule has 28 heavy (non-hydrogen) atoms. The topological polar surface area (TPSA) is 55.4 Å². The molecule has 4 nitrogen and oxygen atoms in total. The van der Waals surface area contributed by atoms with Crippen LogP contribution >= 0.6 is 22.7 Å². The van der Waals surface area contributed by atoms with Crippen LogP contribution in [0.1, 0.15) is 49.2 Å². The van der Waals surface area contributed by atoms with Gasteiger partial charge >= 0.3 is 5.97 Å². The Morgan fingerprint density at radius 3 is 2.39 bits per heavy atom. The van der Waals surface area contributed by atoms with E-state index in [1.54, 1.807) is 18.3 Å². The first-order chi connectivity index (χ1) is 13.3. The third kappa shape index (κ3) is 3.88. The quantitative estimate of drug-likeness (QED) is 0.511. The first-order valence-corrected chi connectivity index (χ1v) is 10.8. The van der Waals surface area contributed by atoms with E-state index < -0.39 is 5.97 Å². The summed E-state index contributed by atoms with van der Waals surface area (Å²) in [5, 5.41) is 7.20. The van der Waals surface area contributed by atoms with Gasteiger partial charge in [0.1, 0.15) is 10.6 Å². The van der Waals surface area contributed by atoms with Crippen molar-refractivity contribution < 1.29 is 14.3 Å². The molecule has 1 amide bonds. The molecule has 0 fully saturated rings. The lowest BCUT2D eigenvalue weighted by Gasteiger charge is -2.11. The maximum Gasteiger partial charge on any atom is 0.341 e. The van der Waals surface area contributed by atoms with Crippen LogP contribution in [0.3, 0.4) is 0 Å². The Balaban J connectivity index is 2.04.